The maximum atomic E-state index is 13.3. The van der Waals surface area contributed by atoms with E-state index >= 15 is 0 Å². The second kappa shape index (κ2) is 6.62. The second-order valence-corrected chi connectivity index (χ2v) is 5.55. The molecule has 0 aromatic heterocycles. The summed E-state index contributed by atoms with van der Waals surface area (Å²) in [4.78, 5) is 2.12. The maximum Gasteiger partial charge on any atom is 0.416 e. The highest BCUT2D eigenvalue weighted by Gasteiger charge is 2.36. The van der Waals surface area contributed by atoms with Crippen molar-refractivity contribution in [3.8, 4) is 0 Å². The maximum absolute atomic E-state index is 13.3. The second-order valence-electron chi connectivity index (χ2n) is 5.55. The number of alkyl halides is 3. The average Bonchev–Trinajstić information content (AvgIpc) is 2.44. The average molecular weight is 298 g/mol. The highest BCUT2D eigenvalue weighted by Crippen LogP contribution is 2.38. The Morgan fingerprint density at radius 2 is 1.90 bits per heavy atom. The van der Waals surface area contributed by atoms with Crippen LogP contribution in [0.5, 0.6) is 0 Å². The van der Waals surface area contributed by atoms with Gasteiger partial charge in [0.15, 0.2) is 0 Å². The molecule has 1 aliphatic heterocycles. The summed E-state index contributed by atoms with van der Waals surface area (Å²) in [6.45, 7) is 8.87. The molecular weight excluding hydrogens is 277 g/mol. The van der Waals surface area contributed by atoms with Crippen molar-refractivity contribution in [1.29, 1.82) is 0 Å². The molecule has 0 radical (unpaired) electrons. The van der Waals surface area contributed by atoms with Crippen LogP contribution in [-0.4, -0.2) is 31.1 Å². The van der Waals surface area contributed by atoms with E-state index < -0.39 is 11.7 Å². The Balaban J connectivity index is 2.38. The highest BCUT2D eigenvalue weighted by molar-refractivity contribution is 5.33. The summed E-state index contributed by atoms with van der Waals surface area (Å²) in [5.74, 6) is 0. The van der Waals surface area contributed by atoms with Gasteiger partial charge in [-0.25, -0.2) is 0 Å². The van der Waals surface area contributed by atoms with Gasteiger partial charge in [-0.2, -0.15) is 13.2 Å². The first-order valence-electron chi connectivity index (χ1n) is 7.15. The Labute approximate surface area is 123 Å². The fourth-order valence-corrected chi connectivity index (χ4v) is 2.81. The Kier molecular flexibility index (Phi) is 5.06. The van der Waals surface area contributed by atoms with Gasteiger partial charge in [0, 0.05) is 32.2 Å². The molecule has 0 aliphatic carbocycles. The van der Waals surface area contributed by atoms with Crippen molar-refractivity contribution in [3.63, 3.8) is 0 Å². The van der Waals surface area contributed by atoms with Gasteiger partial charge in [0.25, 0.3) is 0 Å². The first kappa shape index (κ1) is 16.0. The van der Waals surface area contributed by atoms with Gasteiger partial charge in [-0.3, -0.25) is 4.90 Å². The van der Waals surface area contributed by atoms with Crippen LogP contribution >= 0.6 is 0 Å². The number of nitrogens with one attached hydrogen (secondary N) is 1. The predicted molar refractivity (Wildman–Crippen MR) is 78.1 cm³/mol. The smallest absolute Gasteiger partial charge is 0.314 e. The van der Waals surface area contributed by atoms with Gasteiger partial charge in [0.2, 0.25) is 0 Å². The third-order valence-electron chi connectivity index (χ3n) is 3.76. The molecule has 5 heteroatoms. The molecule has 0 bridgehead atoms. The number of rotatable bonds is 4. The van der Waals surface area contributed by atoms with Gasteiger partial charge in [-0.15, -0.1) is 6.58 Å². The molecule has 1 aliphatic rings. The molecule has 1 fully saturated rings. The number of benzene rings is 1. The molecule has 2 nitrogen and oxygen atoms in total. The third-order valence-corrected chi connectivity index (χ3v) is 3.76. The first-order valence-corrected chi connectivity index (χ1v) is 7.15. The lowest BCUT2D eigenvalue weighted by Crippen LogP contribution is -2.45. The molecule has 21 heavy (non-hydrogen) atoms. The van der Waals surface area contributed by atoms with E-state index in [-0.39, 0.29) is 6.04 Å². The van der Waals surface area contributed by atoms with E-state index in [4.69, 9.17) is 0 Å². The zero-order valence-electron chi connectivity index (χ0n) is 12.2. The van der Waals surface area contributed by atoms with Crippen LogP contribution in [0.3, 0.4) is 0 Å². The quantitative estimate of drug-likeness (QED) is 0.854. The lowest BCUT2D eigenvalue weighted by atomic mass is 9.93. The van der Waals surface area contributed by atoms with Crippen molar-refractivity contribution in [2.75, 3.05) is 26.2 Å². The van der Waals surface area contributed by atoms with Crippen molar-refractivity contribution >= 4 is 0 Å². The number of nitrogens with zero attached hydrogens (tertiary/aromatic N) is 1. The molecule has 0 unspecified atom stereocenters. The van der Waals surface area contributed by atoms with Crippen LogP contribution < -0.4 is 5.32 Å². The van der Waals surface area contributed by atoms with Crippen LogP contribution in [0.2, 0.25) is 0 Å². The molecular formula is C16H21F3N2. The zero-order chi connectivity index (χ0) is 15.5. The van der Waals surface area contributed by atoms with E-state index in [2.05, 4.69) is 16.8 Å². The fourth-order valence-electron chi connectivity index (χ4n) is 2.81. The number of hydrogen-bond acceptors (Lipinski definition) is 2. The minimum Gasteiger partial charge on any atom is -0.314 e. The molecule has 0 saturated carbocycles. The summed E-state index contributed by atoms with van der Waals surface area (Å²) < 4.78 is 39.8. The van der Waals surface area contributed by atoms with E-state index in [1.54, 1.807) is 12.1 Å². The lowest BCUT2D eigenvalue weighted by molar-refractivity contribution is -0.138. The van der Waals surface area contributed by atoms with Crippen LogP contribution in [0, 0.1) is 0 Å². The van der Waals surface area contributed by atoms with Crippen molar-refractivity contribution in [3.05, 3.63) is 47.5 Å². The summed E-state index contributed by atoms with van der Waals surface area (Å²) in [5.41, 5.74) is 0.722. The van der Waals surface area contributed by atoms with Crippen molar-refractivity contribution in [2.24, 2.45) is 0 Å². The Hall–Kier alpha value is -1.33. The summed E-state index contributed by atoms with van der Waals surface area (Å²) in [6, 6.07) is 5.63. The van der Waals surface area contributed by atoms with Gasteiger partial charge in [0.05, 0.1) is 5.56 Å². The van der Waals surface area contributed by atoms with Gasteiger partial charge >= 0.3 is 6.18 Å². The van der Waals surface area contributed by atoms with E-state index in [9.17, 15) is 13.2 Å². The lowest BCUT2D eigenvalue weighted by Gasteiger charge is -2.36. The van der Waals surface area contributed by atoms with E-state index in [0.717, 1.165) is 31.8 Å². The number of halogens is 3. The monoisotopic (exact) mass is 298 g/mol. The van der Waals surface area contributed by atoms with Gasteiger partial charge in [-0.05, 0) is 25.0 Å². The minimum atomic E-state index is -4.32. The first-order chi connectivity index (χ1) is 9.89. The fraction of sp³-hybridized carbons (Fsp3) is 0.500. The SMILES string of the molecule is C=C(C)C[C@@H](c1ccccc1C(F)(F)F)N1CCNCC1. The minimum absolute atomic E-state index is 0.262. The molecule has 1 N–H and O–H groups in total. The van der Waals surface area contributed by atoms with Crippen LogP contribution in [0.15, 0.2) is 36.4 Å². The van der Waals surface area contributed by atoms with E-state index in [0.29, 0.717) is 12.0 Å². The zero-order valence-corrected chi connectivity index (χ0v) is 12.2. The van der Waals surface area contributed by atoms with Gasteiger partial charge < -0.3 is 5.32 Å². The van der Waals surface area contributed by atoms with Crippen LogP contribution in [0.1, 0.15) is 30.5 Å². The molecule has 1 heterocycles. The van der Waals surface area contributed by atoms with Crippen molar-refractivity contribution in [1.82, 2.24) is 10.2 Å². The van der Waals surface area contributed by atoms with Crippen LogP contribution in [0.4, 0.5) is 13.2 Å². The van der Waals surface area contributed by atoms with Crippen molar-refractivity contribution < 1.29 is 13.2 Å². The van der Waals surface area contributed by atoms with E-state index in [1.165, 1.54) is 12.1 Å². The third kappa shape index (κ3) is 4.08. The Morgan fingerprint density at radius 1 is 1.29 bits per heavy atom. The molecule has 1 aromatic rings. The summed E-state index contributed by atoms with van der Waals surface area (Å²) >= 11 is 0. The standard InChI is InChI=1S/C16H21F3N2/c1-12(2)11-15(21-9-7-20-8-10-21)13-5-3-4-6-14(13)16(17,18)19/h3-6,15,20H,1,7-11H2,2H3/t15-/m0/s1. The Bertz CT molecular complexity index is 491. The molecule has 1 atom stereocenters. The van der Waals surface area contributed by atoms with E-state index in [1.807, 2.05) is 6.92 Å². The van der Waals surface area contributed by atoms with Crippen LogP contribution in [-0.2, 0) is 6.18 Å². The summed E-state index contributed by atoms with van der Waals surface area (Å²) in [6.07, 6.45) is -3.77. The molecule has 2 rings (SSSR count). The molecule has 0 spiro atoms. The summed E-state index contributed by atoms with van der Waals surface area (Å²) in [5, 5.41) is 3.23. The van der Waals surface area contributed by atoms with Crippen LogP contribution in [0.25, 0.3) is 0 Å². The van der Waals surface area contributed by atoms with Crippen molar-refractivity contribution in [2.45, 2.75) is 25.6 Å². The molecule has 1 saturated heterocycles. The van der Waals surface area contributed by atoms with Gasteiger partial charge in [0.1, 0.15) is 0 Å². The molecule has 0 amide bonds. The number of hydrogen-bond donors (Lipinski definition) is 1. The normalized spacial score (nSPS) is 18.5. The Morgan fingerprint density at radius 3 is 2.48 bits per heavy atom. The predicted octanol–water partition coefficient (Wildman–Crippen LogP) is 3.62. The summed E-state index contributed by atoms with van der Waals surface area (Å²) in [7, 11) is 0. The largest absolute Gasteiger partial charge is 0.416 e. The molecule has 1 aromatic carbocycles. The molecule has 116 valence electrons. The topological polar surface area (TPSA) is 15.3 Å². The van der Waals surface area contributed by atoms with Gasteiger partial charge in [-0.1, -0.05) is 23.8 Å². The highest BCUT2D eigenvalue weighted by atomic mass is 19.4. The number of piperazine rings is 1.